The van der Waals surface area contributed by atoms with Crippen LogP contribution in [0.4, 0.5) is 10.5 Å². The van der Waals surface area contributed by atoms with E-state index in [1.807, 2.05) is 13.8 Å². The zero-order valence-corrected chi connectivity index (χ0v) is 12.1. The molecule has 1 rings (SSSR count). The van der Waals surface area contributed by atoms with Crippen molar-refractivity contribution < 1.29 is 14.3 Å². The van der Waals surface area contributed by atoms with Gasteiger partial charge in [-0.05, 0) is 26.0 Å². The van der Waals surface area contributed by atoms with Crippen LogP contribution in [0.25, 0.3) is 0 Å². The van der Waals surface area contributed by atoms with Gasteiger partial charge in [0.25, 0.3) is 5.91 Å². The highest BCUT2D eigenvalue weighted by Crippen LogP contribution is 2.18. The van der Waals surface area contributed by atoms with Gasteiger partial charge in [0.05, 0.1) is 18.4 Å². The average Bonchev–Trinajstić information content (AvgIpc) is 2.44. The minimum absolute atomic E-state index is 0.150. The molecule has 2 amide bonds. The number of likely N-dealkylation sites (N-methyl/N-ethyl adjacent to an activating group) is 1. The van der Waals surface area contributed by atoms with Gasteiger partial charge in [0, 0.05) is 13.1 Å². The molecule has 1 aromatic carbocycles. The number of carbonyl (C=O) groups is 2. The Kier molecular flexibility index (Phi) is 5.77. The van der Waals surface area contributed by atoms with E-state index in [-0.39, 0.29) is 5.91 Å². The van der Waals surface area contributed by atoms with Crippen molar-refractivity contribution in [1.29, 1.82) is 0 Å². The summed E-state index contributed by atoms with van der Waals surface area (Å²) in [6, 6.07) is 6.84. The number of benzene rings is 1. The second-order valence-corrected chi connectivity index (χ2v) is 4.44. The Bertz CT molecular complexity index is 512. The molecule has 0 saturated carbocycles. The standard InChI is InChI=1S/C15H20N2O3/c1-5-17(10-11(2)3)14(18)12-8-6-7-9-13(12)16-15(19)20-4/h6-9H,2,5,10H2,1,3-4H3,(H,16,19). The molecule has 0 aliphatic rings. The summed E-state index contributed by atoms with van der Waals surface area (Å²) >= 11 is 0. The summed E-state index contributed by atoms with van der Waals surface area (Å²) in [4.78, 5) is 25.5. The van der Waals surface area contributed by atoms with Gasteiger partial charge in [-0.25, -0.2) is 4.79 Å². The van der Waals surface area contributed by atoms with Gasteiger partial charge in [-0.15, -0.1) is 0 Å². The van der Waals surface area contributed by atoms with Crippen LogP contribution >= 0.6 is 0 Å². The molecule has 0 spiro atoms. The van der Waals surface area contributed by atoms with Gasteiger partial charge >= 0.3 is 6.09 Å². The number of hydrogen-bond acceptors (Lipinski definition) is 3. The van der Waals surface area contributed by atoms with E-state index >= 15 is 0 Å². The van der Waals surface area contributed by atoms with E-state index in [1.165, 1.54) is 7.11 Å². The number of carbonyl (C=O) groups excluding carboxylic acids is 2. The zero-order chi connectivity index (χ0) is 15.1. The normalized spacial score (nSPS) is 9.75. The number of nitrogens with zero attached hydrogens (tertiary/aromatic N) is 1. The molecule has 20 heavy (non-hydrogen) atoms. The highest BCUT2D eigenvalue weighted by atomic mass is 16.5. The van der Waals surface area contributed by atoms with E-state index in [9.17, 15) is 9.59 Å². The first kappa shape index (κ1) is 15.8. The molecule has 0 aromatic heterocycles. The maximum Gasteiger partial charge on any atom is 0.411 e. The summed E-state index contributed by atoms with van der Waals surface area (Å²) in [7, 11) is 1.28. The second kappa shape index (κ2) is 7.33. The Hall–Kier alpha value is -2.30. The number of nitrogens with one attached hydrogen (secondary N) is 1. The summed E-state index contributed by atoms with van der Waals surface area (Å²) in [6.45, 7) is 8.64. The van der Waals surface area contributed by atoms with E-state index in [0.29, 0.717) is 24.3 Å². The van der Waals surface area contributed by atoms with Crippen LogP contribution in [0.15, 0.2) is 36.4 Å². The molecule has 0 radical (unpaired) electrons. The van der Waals surface area contributed by atoms with Gasteiger partial charge in [-0.1, -0.05) is 24.3 Å². The molecule has 1 N–H and O–H groups in total. The summed E-state index contributed by atoms with van der Waals surface area (Å²) in [5.74, 6) is -0.150. The van der Waals surface area contributed by atoms with E-state index in [2.05, 4.69) is 16.6 Å². The average molecular weight is 276 g/mol. The number of ether oxygens (including phenoxy) is 1. The lowest BCUT2D eigenvalue weighted by atomic mass is 10.1. The van der Waals surface area contributed by atoms with Crippen LogP contribution in [0.2, 0.25) is 0 Å². The van der Waals surface area contributed by atoms with Crippen molar-refractivity contribution in [3.8, 4) is 0 Å². The predicted octanol–water partition coefficient (Wildman–Crippen LogP) is 2.90. The topological polar surface area (TPSA) is 58.6 Å². The van der Waals surface area contributed by atoms with E-state index in [0.717, 1.165) is 5.57 Å². The lowest BCUT2D eigenvalue weighted by Crippen LogP contribution is -2.32. The van der Waals surface area contributed by atoms with Crippen LogP contribution in [0.3, 0.4) is 0 Å². The fourth-order valence-electron chi connectivity index (χ4n) is 1.76. The van der Waals surface area contributed by atoms with Gasteiger partial charge in [-0.2, -0.15) is 0 Å². The first-order valence-corrected chi connectivity index (χ1v) is 6.37. The van der Waals surface area contributed by atoms with Gasteiger partial charge in [-0.3, -0.25) is 10.1 Å². The van der Waals surface area contributed by atoms with E-state index in [4.69, 9.17) is 0 Å². The highest BCUT2D eigenvalue weighted by molar-refractivity contribution is 6.02. The number of para-hydroxylation sites is 1. The van der Waals surface area contributed by atoms with Crippen LogP contribution in [0, 0.1) is 0 Å². The van der Waals surface area contributed by atoms with Gasteiger partial charge < -0.3 is 9.64 Å². The van der Waals surface area contributed by atoms with E-state index < -0.39 is 6.09 Å². The van der Waals surface area contributed by atoms with Crippen LogP contribution in [0.1, 0.15) is 24.2 Å². The zero-order valence-electron chi connectivity index (χ0n) is 12.1. The Morgan fingerprint density at radius 3 is 2.55 bits per heavy atom. The molecule has 0 heterocycles. The summed E-state index contributed by atoms with van der Waals surface area (Å²) in [5.41, 5.74) is 1.77. The molecule has 0 unspecified atom stereocenters. The molecular formula is C15H20N2O3. The molecule has 5 heteroatoms. The highest BCUT2D eigenvalue weighted by Gasteiger charge is 2.18. The molecule has 5 nitrogen and oxygen atoms in total. The molecule has 1 aromatic rings. The molecular weight excluding hydrogens is 256 g/mol. The fourth-order valence-corrected chi connectivity index (χ4v) is 1.76. The summed E-state index contributed by atoms with van der Waals surface area (Å²) in [5, 5.41) is 2.54. The lowest BCUT2D eigenvalue weighted by molar-refractivity contribution is 0.0779. The quantitative estimate of drug-likeness (QED) is 0.841. The molecule has 0 saturated heterocycles. The van der Waals surface area contributed by atoms with Gasteiger partial charge in [0.15, 0.2) is 0 Å². The minimum atomic E-state index is -0.604. The molecule has 0 fully saturated rings. The Labute approximate surface area is 119 Å². The third-order valence-corrected chi connectivity index (χ3v) is 2.71. The Balaban J connectivity index is 3.02. The molecule has 0 bridgehead atoms. The largest absolute Gasteiger partial charge is 0.453 e. The van der Waals surface area contributed by atoms with Gasteiger partial charge in [0.1, 0.15) is 0 Å². The maximum atomic E-state index is 12.5. The lowest BCUT2D eigenvalue weighted by Gasteiger charge is -2.22. The second-order valence-electron chi connectivity index (χ2n) is 4.44. The molecule has 0 atom stereocenters. The van der Waals surface area contributed by atoms with Crippen molar-refractivity contribution in [2.75, 3.05) is 25.5 Å². The number of amides is 2. The third-order valence-electron chi connectivity index (χ3n) is 2.71. The minimum Gasteiger partial charge on any atom is -0.453 e. The summed E-state index contributed by atoms with van der Waals surface area (Å²) < 4.78 is 4.55. The number of hydrogen-bond donors (Lipinski definition) is 1. The van der Waals surface area contributed by atoms with Crippen molar-refractivity contribution in [2.45, 2.75) is 13.8 Å². The number of anilines is 1. The van der Waals surface area contributed by atoms with Crippen molar-refractivity contribution >= 4 is 17.7 Å². The first-order valence-electron chi connectivity index (χ1n) is 6.37. The van der Waals surface area contributed by atoms with E-state index in [1.54, 1.807) is 29.2 Å². The SMILES string of the molecule is C=C(C)CN(CC)C(=O)c1ccccc1NC(=O)OC. The fraction of sp³-hybridized carbons (Fsp3) is 0.333. The Morgan fingerprint density at radius 2 is 2.00 bits per heavy atom. The number of rotatable bonds is 5. The summed E-state index contributed by atoms with van der Waals surface area (Å²) in [6.07, 6.45) is -0.604. The van der Waals surface area contributed by atoms with Crippen LogP contribution in [-0.2, 0) is 4.74 Å². The van der Waals surface area contributed by atoms with Crippen molar-refractivity contribution in [3.63, 3.8) is 0 Å². The van der Waals surface area contributed by atoms with Crippen LogP contribution in [0.5, 0.6) is 0 Å². The smallest absolute Gasteiger partial charge is 0.411 e. The monoisotopic (exact) mass is 276 g/mol. The molecule has 108 valence electrons. The third kappa shape index (κ3) is 4.12. The molecule has 0 aliphatic heterocycles. The van der Waals surface area contributed by atoms with Crippen LogP contribution in [-0.4, -0.2) is 37.1 Å². The Morgan fingerprint density at radius 1 is 1.35 bits per heavy atom. The van der Waals surface area contributed by atoms with Gasteiger partial charge in [0.2, 0.25) is 0 Å². The van der Waals surface area contributed by atoms with Crippen LogP contribution < -0.4 is 5.32 Å². The van der Waals surface area contributed by atoms with Crippen molar-refractivity contribution in [1.82, 2.24) is 4.90 Å². The maximum absolute atomic E-state index is 12.5. The molecule has 0 aliphatic carbocycles. The first-order chi connectivity index (χ1) is 9.49. The van der Waals surface area contributed by atoms with Crippen molar-refractivity contribution in [3.05, 3.63) is 42.0 Å². The van der Waals surface area contributed by atoms with Crippen molar-refractivity contribution in [2.24, 2.45) is 0 Å². The predicted molar refractivity (Wildman–Crippen MR) is 78.9 cm³/mol. The number of methoxy groups -OCH3 is 1.